The lowest BCUT2D eigenvalue weighted by molar-refractivity contribution is -0.329. The van der Waals surface area contributed by atoms with Crippen molar-refractivity contribution in [3.63, 3.8) is 0 Å². The lowest BCUT2D eigenvalue weighted by Gasteiger charge is -2.70. The minimum atomic E-state index is -1.71. The molecule has 1 saturated heterocycles. The predicted molar refractivity (Wildman–Crippen MR) is 165 cm³/mol. The molecule has 6 fully saturated rings. The third-order valence-corrected chi connectivity index (χ3v) is 13.4. The summed E-state index contributed by atoms with van der Waals surface area (Å²) in [4.78, 5) is 16.1. The maximum Gasteiger partial charge on any atom is 0.338 e. The lowest BCUT2D eigenvalue weighted by atomic mass is 9.42. The van der Waals surface area contributed by atoms with Crippen LogP contribution in [0, 0.1) is 34.5 Å². The number of piperidine rings is 1. The molecule has 11 nitrogen and oxygen atoms in total. The summed E-state index contributed by atoms with van der Waals surface area (Å²) in [7, 11) is 8.60. The van der Waals surface area contributed by atoms with Crippen LogP contribution in [0.5, 0.6) is 0 Å². The quantitative estimate of drug-likeness (QED) is 0.239. The van der Waals surface area contributed by atoms with Gasteiger partial charge in [-0.05, 0) is 37.9 Å². The lowest BCUT2D eigenvalue weighted by Crippen LogP contribution is -2.81. The highest BCUT2D eigenvalue weighted by atomic mass is 16.6. The monoisotopic (exact) mass is 645 g/mol. The summed E-state index contributed by atoms with van der Waals surface area (Å²) in [6.45, 7) is 3.33. The van der Waals surface area contributed by atoms with Crippen LogP contribution in [0.4, 0.5) is 0 Å². The summed E-state index contributed by atoms with van der Waals surface area (Å²) in [5.41, 5.74) is -4.01. The van der Waals surface area contributed by atoms with Gasteiger partial charge in [-0.25, -0.2) is 4.79 Å². The number of unbranched alkanes of at least 4 members (excludes halogenated alkanes) is 1. The molecule has 11 heteroatoms. The highest BCUT2D eigenvalue weighted by molar-refractivity contribution is 5.89. The second kappa shape index (κ2) is 11.5. The Balaban J connectivity index is 1.50. The molecule has 3 N–H and O–H groups in total. The molecule has 0 amide bonds. The topological polar surface area (TPSA) is 136 Å². The molecule has 7 rings (SSSR count). The highest BCUT2D eigenvalue weighted by Crippen LogP contribution is 2.80. The van der Waals surface area contributed by atoms with Gasteiger partial charge >= 0.3 is 5.97 Å². The van der Waals surface area contributed by atoms with Crippen molar-refractivity contribution in [2.24, 2.45) is 34.5 Å². The van der Waals surface area contributed by atoms with Gasteiger partial charge in [0, 0.05) is 82.6 Å². The van der Waals surface area contributed by atoms with Crippen molar-refractivity contribution in [3.8, 4) is 0 Å². The Hall–Kier alpha value is -1.67. The number of rotatable bonds is 11. The predicted octanol–water partition coefficient (Wildman–Crippen LogP) is 1.51. The molecule has 0 unspecified atom stereocenters. The first kappa shape index (κ1) is 32.9. The first-order valence-corrected chi connectivity index (χ1v) is 16.9. The van der Waals surface area contributed by atoms with E-state index in [1.54, 1.807) is 45.6 Å². The molecule has 1 aromatic rings. The van der Waals surface area contributed by atoms with Gasteiger partial charge in [-0.15, -0.1) is 0 Å². The molecule has 1 spiro atoms. The zero-order chi connectivity index (χ0) is 32.8. The Morgan fingerprint density at radius 1 is 1.02 bits per heavy atom. The van der Waals surface area contributed by atoms with Crippen molar-refractivity contribution in [2.75, 3.05) is 55.2 Å². The molecule has 5 aliphatic carbocycles. The summed E-state index contributed by atoms with van der Waals surface area (Å²) in [5, 5.41) is 37.5. The van der Waals surface area contributed by atoms with Crippen molar-refractivity contribution in [1.82, 2.24) is 4.90 Å². The van der Waals surface area contributed by atoms with Crippen LogP contribution in [-0.2, 0) is 28.4 Å². The zero-order valence-corrected chi connectivity index (χ0v) is 27.8. The van der Waals surface area contributed by atoms with Crippen LogP contribution in [0.2, 0.25) is 0 Å². The van der Waals surface area contributed by atoms with E-state index in [4.69, 9.17) is 28.4 Å². The number of esters is 1. The molecule has 15 atom stereocenters. The van der Waals surface area contributed by atoms with Crippen LogP contribution < -0.4 is 0 Å². The van der Waals surface area contributed by atoms with Gasteiger partial charge in [-0.1, -0.05) is 31.5 Å². The Bertz CT molecular complexity index is 1300. The van der Waals surface area contributed by atoms with E-state index < -0.39 is 76.5 Å². The summed E-state index contributed by atoms with van der Waals surface area (Å²) < 4.78 is 38.4. The molecule has 46 heavy (non-hydrogen) atoms. The van der Waals surface area contributed by atoms with Crippen molar-refractivity contribution < 1.29 is 48.5 Å². The molecule has 256 valence electrons. The Labute approximate surface area is 271 Å². The molecule has 1 aromatic carbocycles. The van der Waals surface area contributed by atoms with Gasteiger partial charge in [-0.3, -0.25) is 0 Å². The van der Waals surface area contributed by atoms with Crippen molar-refractivity contribution in [3.05, 3.63) is 35.9 Å². The van der Waals surface area contributed by atoms with Crippen molar-refractivity contribution >= 4 is 5.97 Å². The third kappa shape index (κ3) is 3.78. The summed E-state index contributed by atoms with van der Waals surface area (Å²) in [5.74, 6) is -2.18. The number of fused-ring (bicyclic) bond motifs is 2. The van der Waals surface area contributed by atoms with Crippen LogP contribution in [0.15, 0.2) is 30.3 Å². The number of nitrogens with zero attached hydrogens (tertiary/aromatic N) is 1. The fourth-order valence-electron chi connectivity index (χ4n) is 12.4. The summed E-state index contributed by atoms with van der Waals surface area (Å²) in [6, 6.07) is 8.58. The van der Waals surface area contributed by atoms with E-state index in [0.717, 1.165) is 12.8 Å². The fraction of sp³-hybridized carbons (Fsp3) is 0.800. The molecule has 5 saturated carbocycles. The van der Waals surface area contributed by atoms with Crippen LogP contribution in [0.3, 0.4) is 0 Å². The van der Waals surface area contributed by atoms with E-state index in [-0.39, 0.29) is 24.3 Å². The number of hydrogen-bond donors (Lipinski definition) is 3. The number of hydrogen-bond acceptors (Lipinski definition) is 11. The molecule has 1 aliphatic heterocycles. The molecular formula is C35H51NO10. The van der Waals surface area contributed by atoms with E-state index in [9.17, 15) is 20.1 Å². The maximum absolute atomic E-state index is 13.8. The van der Waals surface area contributed by atoms with Crippen LogP contribution >= 0.6 is 0 Å². The average molecular weight is 646 g/mol. The molecule has 0 aromatic heterocycles. The van der Waals surface area contributed by atoms with E-state index in [2.05, 4.69) is 18.9 Å². The zero-order valence-electron chi connectivity index (χ0n) is 27.8. The first-order valence-electron chi connectivity index (χ1n) is 16.9. The second-order valence-electron chi connectivity index (χ2n) is 14.9. The number of aliphatic hydroxyl groups is 3. The Morgan fingerprint density at radius 2 is 1.76 bits per heavy atom. The van der Waals surface area contributed by atoms with Gasteiger partial charge < -0.3 is 48.6 Å². The van der Waals surface area contributed by atoms with Gasteiger partial charge in [0.05, 0.1) is 30.5 Å². The molecule has 7 bridgehead atoms. The average Bonchev–Trinajstić information content (AvgIpc) is 3.43. The van der Waals surface area contributed by atoms with Crippen LogP contribution in [0.1, 0.15) is 43.0 Å². The van der Waals surface area contributed by atoms with E-state index in [0.29, 0.717) is 31.7 Å². The number of likely N-dealkylation sites (tertiary alicyclic amines) is 1. The minimum absolute atomic E-state index is 0.189. The standard InChI is InChI=1S/C35H51NO10/c1-7-8-14-45-35-23-20(16-33(40,30(44-6)28(35)38)29(23)46-31(39)19-12-10-9-11-13-19)34-22(42-4)15-21(37)32(18-41-3)17-36(2)27(34)24(35)25(43-5)26(32)34/h9-13,20-30,37-38,40H,7-8,14-18H2,1-6H3/t20-,21-,22+,23-,24+,25+,26-,27-,28+,29-,30+,32+,33-,34+,35-/m1/s1. The third-order valence-electron chi connectivity index (χ3n) is 13.4. The normalized spacial score (nSPS) is 50.1. The second-order valence-corrected chi connectivity index (χ2v) is 14.9. The SMILES string of the molecule is CCCCO[C@]12[C@H]3[C@@H](OC(=O)c4ccccc4)[C@](O)(C[C@H]3[C@@]34[C@@H](OC)C[C@@H](O)[C@@]5(COC)CN(C)[C@@H]3[C@@H]1[C@H](OC)[C@H]54)[C@@H](OC)[C@@H]2O. The van der Waals surface area contributed by atoms with Gasteiger partial charge in [0.15, 0.2) is 0 Å². The number of carbonyl (C=O) groups is 1. The van der Waals surface area contributed by atoms with E-state index >= 15 is 0 Å². The molecule has 0 radical (unpaired) electrons. The molecule has 1 heterocycles. The summed E-state index contributed by atoms with van der Waals surface area (Å²) in [6.07, 6.45) is -2.77. The summed E-state index contributed by atoms with van der Waals surface area (Å²) >= 11 is 0. The largest absolute Gasteiger partial charge is 0.455 e. The van der Waals surface area contributed by atoms with Gasteiger partial charge in [0.2, 0.25) is 0 Å². The molecular weight excluding hydrogens is 594 g/mol. The fourth-order valence-corrected chi connectivity index (χ4v) is 12.4. The first-order chi connectivity index (χ1) is 22.1. The number of ether oxygens (including phenoxy) is 6. The number of carbonyl (C=O) groups excluding carboxylic acids is 1. The van der Waals surface area contributed by atoms with E-state index in [1.807, 2.05) is 6.07 Å². The van der Waals surface area contributed by atoms with Crippen LogP contribution in [-0.4, -0.2) is 135 Å². The Kier molecular flexibility index (Phi) is 8.18. The number of aliphatic hydroxyl groups excluding tert-OH is 2. The van der Waals surface area contributed by atoms with Gasteiger partial charge in [-0.2, -0.15) is 0 Å². The number of benzene rings is 1. The van der Waals surface area contributed by atoms with Crippen molar-refractivity contribution in [1.29, 1.82) is 0 Å². The highest BCUT2D eigenvalue weighted by Gasteiger charge is 2.91. The van der Waals surface area contributed by atoms with Gasteiger partial charge in [0.25, 0.3) is 0 Å². The van der Waals surface area contributed by atoms with Crippen molar-refractivity contribution in [2.45, 2.75) is 86.5 Å². The maximum atomic E-state index is 13.8. The number of methoxy groups -OCH3 is 4. The minimum Gasteiger partial charge on any atom is -0.455 e. The smallest absolute Gasteiger partial charge is 0.338 e. The Morgan fingerprint density at radius 3 is 2.39 bits per heavy atom. The van der Waals surface area contributed by atoms with E-state index in [1.165, 1.54) is 7.11 Å². The molecule has 6 aliphatic rings. The van der Waals surface area contributed by atoms with Gasteiger partial charge in [0.1, 0.15) is 29.5 Å². The van der Waals surface area contributed by atoms with Crippen LogP contribution in [0.25, 0.3) is 0 Å².